The first kappa shape index (κ1) is 33.9. The summed E-state index contributed by atoms with van der Waals surface area (Å²) in [5.74, 6) is 1.57. The minimum Gasteiger partial charge on any atom is -0.456 e. The second-order valence-corrected chi connectivity index (χ2v) is 16.4. The van der Waals surface area contributed by atoms with Crippen LogP contribution in [0.5, 0.6) is 0 Å². The van der Waals surface area contributed by atoms with E-state index in [2.05, 4.69) is 104 Å². The molecule has 12 aromatic rings. The zero-order valence-electron chi connectivity index (χ0n) is 33.2. The molecule has 1 aliphatic carbocycles. The van der Waals surface area contributed by atoms with Gasteiger partial charge < -0.3 is 13.3 Å². The summed E-state index contributed by atoms with van der Waals surface area (Å²) in [6.07, 6.45) is 0. The van der Waals surface area contributed by atoms with Gasteiger partial charge >= 0.3 is 0 Å². The first-order chi connectivity index (χ1) is 30.0. The van der Waals surface area contributed by atoms with Gasteiger partial charge in [0.1, 0.15) is 33.5 Å². The molecule has 7 heteroatoms. The second-order valence-electron chi connectivity index (χ2n) is 16.4. The van der Waals surface area contributed by atoms with E-state index in [1.807, 2.05) is 84.9 Å². The van der Waals surface area contributed by atoms with Crippen molar-refractivity contribution in [3.05, 3.63) is 181 Å². The maximum Gasteiger partial charge on any atom is 0.238 e. The molecule has 0 fully saturated rings. The van der Waals surface area contributed by atoms with E-state index < -0.39 is 0 Å². The Balaban J connectivity index is 1.10. The summed E-state index contributed by atoms with van der Waals surface area (Å²) >= 11 is 0. The summed E-state index contributed by atoms with van der Waals surface area (Å²) in [7, 11) is 0. The zero-order chi connectivity index (χ0) is 40.4. The number of anilines is 3. The Labute approximate surface area is 349 Å². The number of para-hydroxylation sites is 3. The molecule has 0 amide bonds. The predicted molar refractivity (Wildman–Crippen MR) is 245 cm³/mol. The van der Waals surface area contributed by atoms with E-state index in [1.165, 1.54) is 22.3 Å². The van der Waals surface area contributed by atoms with Crippen molar-refractivity contribution < 1.29 is 13.3 Å². The van der Waals surface area contributed by atoms with Gasteiger partial charge in [0, 0.05) is 43.5 Å². The Kier molecular flexibility index (Phi) is 6.94. The molecule has 0 N–H and O–H groups in total. The van der Waals surface area contributed by atoms with Gasteiger partial charge in [0.2, 0.25) is 5.95 Å². The van der Waals surface area contributed by atoms with Crippen LogP contribution in [-0.4, -0.2) is 15.0 Å². The molecule has 0 saturated heterocycles. The molecule has 288 valence electrons. The van der Waals surface area contributed by atoms with Crippen LogP contribution in [-0.2, 0) is 5.41 Å². The van der Waals surface area contributed by atoms with Crippen LogP contribution in [0, 0.1) is 0 Å². The fraction of sp³-hybridized carbons (Fsp3) is 0.0556. The lowest BCUT2D eigenvalue weighted by Gasteiger charge is -2.25. The Morgan fingerprint density at radius 2 is 0.951 bits per heavy atom. The third-order valence-corrected chi connectivity index (χ3v) is 12.5. The van der Waals surface area contributed by atoms with Crippen LogP contribution in [0.25, 0.3) is 99.7 Å². The highest BCUT2D eigenvalue weighted by molar-refractivity contribution is 6.14. The van der Waals surface area contributed by atoms with Crippen molar-refractivity contribution in [2.45, 2.75) is 19.3 Å². The molecule has 0 atom stereocenters. The monoisotopic (exact) mass is 786 g/mol. The van der Waals surface area contributed by atoms with E-state index in [-0.39, 0.29) is 5.41 Å². The molecule has 0 unspecified atom stereocenters. The fourth-order valence-corrected chi connectivity index (χ4v) is 9.59. The summed E-state index contributed by atoms with van der Waals surface area (Å²) in [4.78, 5) is 18.3. The minimum atomic E-state index is -0.208. The number of hydrogen-bond acceptors (Lipinski definition) is 7. The lowest BCUT2D eigenvalue weighted by atomic mass is 9.82. The van der Waals surface area contributed by atoms with Gasteiger partial charge in [0.15, 0.2) is 11.6 Å². The zero-order valence-corrected chi connectivity index (χ0v) is 33.2. The molecule has 8 aromatic carbocycles. The third kappa shape index (κ3) is 5.01. The highest BCUT2D eigenvalue weighted by Gasteiger charge is 2.35. The topological polar surface area (TPSA) is 81.3 Å². The average Bonchev–Trinajstić information content (AvgIpc) is 4.04. The summed E-state index contributed by atoms with van der Waals surface area (Å²) in [6, 6.07) is 58.4. The fourth-order valence-electron chi connectivity index (χ4n) is 9.59. The van der Waals surface area contributed by atoms with E-state index in [1.54, 1.807) is 0 Å². The Morgan fingerprint density at radius 3 is 1.70 bits per heavy atom. The maximum absolute atomic E-state index is 6.47. The molecule has 4 aromatic heterocycles. The number of aromatic nitrogens is 3. The minimum absolute atomic E-state index is 0.208. The van der Waals surface area contributed by atoms with Gasteiger partial charge in [-0.25, -0.2) is 4.98 Å². The van der Waals surface area contributed by atoms with Crippen molar-refractivity contribution in [3.8, 4) is 33.9 Å². The Bertz CT molecular complexity index is 3780. The van der Waals surface area contributed by atoms with Crippen molar-refractivity contribution >= 4 is 83.1 Å². The quantitative estimate of drug-likeness (QED) is 0.172. The van der Waals surface area contributed by atoms with E-state index in [0.717, 1.165) is 88.3 Å². The summed E-state index contributed by atoms with van der Waals surface area (Å²) in [6.45, 7) is 4.59. The van der Waals surface area contributed by atoms with E-state index in [0.29, 0.717) is 17.6 Å². The molecule has 1 aliphatic rings. The summed E-state index contributed by atoms with van der Waals surface area (Å²) in [5.41, 5.74) is 13.2. The first-order valence-corrected chi connectivity index (χ1v) is 20.5. The lowest BCUT2D eigenvalue weighted by molar-refractivity contribution is 0.660. The number of rotatable bonds is 5. The van der Waals surface area contributed by atoms with Crippen LogP contribution in [0.3, 0.4) is 0 Å². The van der Waals surface area contributed by atoms with E-state index in [9.17, 15) is 0 Å². The summed E-state index contributed by atoms with van der Waals surface area (Å²) in [5, 5.41) is 6.02. The van der Waals surface area contributed by atoms with Crippen molar-refractivity contribution in [1.29, 1.82) is 0 Å². The highest BCUT2D eigenvalue weighted by Crippen LogP contribution is 2.50. The molecule has 0 saturated carbocycles. The van der Waals surface area contributed by atoms with Gasteiger partial charge in [-0.2, -0.15) is 9.97 Å². The molecule has 4 heterocycles. The van der Waals surface area contributed by atoms with Crippen molar-refractivity contribution in [1.82, 2.24) is 15.0 Å². The van der Waals surface area contributed by atoms with Crippen LogP contribution in [0.2, 0.25) is 0 Å². The molecule has 0 spiro atoms. The normalized spacial score (nSPS) is 13.2. The molecular weight excluding hydrogens is 753 g/mol. The average molecular weight is 787 g/mol. The molecule has 0 bridgehead atoms. The predicted octanol–water partition coefficient (Wildman–Crippen LogP) is 14.7. The van der Waals surface area contributed by atoms with Crippen LogP contribution in [0.4, 0.5) is 17.3 Å². The first-order valence-electron chi connectivity index (χ1n) is 20.5. The van der Waals surface area contributed by atoms with E-state index in [4.69, 9.17) is 28.2 Å². The SMILES string of the molecule is CC1(C)c2ccccc2-c2ccc(-c3nc(-c4ccc5oc6ccccc6c5c4)nc(N(c4ccc5oc6ccccc6c5c4)c4cccc5oc6ccccc6c45)n3)cc21. The molecule has 13 rings (SSSR count). The molecule has 0 aliphatic heterocycles. The lowest BCUT2D eigenvalue weighted by Crippen LogP contribution is -2.16. The van der Waals surface area contributed by atoms with Crippen LogP contribution < -0.4 is 4.90 Å². The van der Waals surface area contributed by atoms with Gasteiger partial charge in [0.25, 0.3) is 0 Å². The Hall–Kier alpha value is -8.03. The molecule has 61 heavy (non-hydrogen) atoms. The third-order valence-electron chi connectivity index (χ3n) is 12.5. The van der Waals surface area contributed by atoms with Gasteiger partial charge in [-0.15, -0.1) is 0 Å². The number of benzene rings is 8. The van der Waals surface area contributed by atoms with Gasteiger partial charge in [-0.05, 0) is 95.1 Å². The molecule has 7 nitrogen and oxygen atoms in total. The van der Waals surface area contributed by atoms with Crippen molar-refractivity contribution in [2.24, 2.45) is 0 Å². The van der Waals surface area contributed by atoms with E-state index >= 15 is 0 Å². The van der Waals surface area contributed by atoms with Crippen LogP contribution in [0.15, 0.2) is 183 Å². The maximum atomic E-state index is 6.47. The summed E-state index contributed by atoms with van der Waals surface area (Å²) < 4.78 is 19.0. The largest absolute Gasteiger partial charge is 0.456 e. The van der Waals surface area contributed by atoms with Gasteiger partial charge in [0.05, 0.1) is 16.8 Å². The van der Waals surface area contributed by atoms with Gasteiger partial charge in [-0.1, -0.05) is 111 Å². The number of hydrogen-bond donors (Lipinski definition) is 0. The van der Waals surface area contributed by atoms with Crippen LogP contribution in [0.1, 0.15) is 25.0 Å². The molecular formula is C54H34N4O3. The van der Waals surface area contributed by atoms with Crippen LogP contribution >= 0.6 is 0 Å². The number of nitrogens with zero attached hydrogens (tertiary/aromatic N) is 4. The smallest absolute Gasteiger partial charge is 0.238 e. The second kappa shape index (κ2) is 12.5. The highest BCUT2D eigenvalue weighted by atomic mass is 16.3. The molecule has 0 radical (unpaired) electrons. The number of furan rings is 3. The Morgan fingerprint density at radius 1 is 0.410 bits per heavy atom. The standard InChI is InChI=1S/C54H34N4O3/c1-54(2)41-16-7-3-12-34(41)35-25-22-32(29-42(35)54)52-55-51(31-23-26-47-39(28-31)36-13-4-8-18-44(36)59-47)56-53(57-52)58(33-24-27-48-40(30-33)37-14-5-9-19-45(37)60-48)43-17-11-21-49-50(43)38-15-6-10-20-46(38)61-49/h3-30H,1-2H3. The number of fused-ring (bicyclic) bond motifs is 12. The van der Waals surface area contributed by atoms with Crippen molar-refractivity contribution in [2.75, 3.05) is 4.90 Å². The van der Waals surface area contributed by atoms with Gasteiger partial charge in [-0.3, -0.25) is 4.90 Å². The van der Waals surface area contributed by atoms with Crippen molar-refractivity contribution in [3.63, 3.8) is 0 Å².